The van der Waals surface area contributed by atoms with E-state index < -0.39 is 22.8 Å². The molecule has 1 aromatic heterocycles. The normalized spacial score (nSPS) is 12.7. The average molecular weight is 266 g/mol. The van der Waals surface area contributed by atoms with Crippen LogP contribution >= 0.6 is 0 Å². The summed E-state index contributed by atoms with van der Waals surface area (Å²) in [5.41, 5.74) is 4.24. The Bertz CT molecular complexity index is 689. The Morgan fingerprint density at radius 3 is 2.68 bits per heavy atom. The molecule has 0 fully saturated rings. The molecule has 0 bridgehead atoms. The van der Waals surface area contributed by atoms with Crippen LogP contribution in [-0.2, 0) is 6.54 Å². The van der Waals surface area contributed by atoms with Crippen molar-refractivity contribution < 1.29 is 14.3 Å². The van der Waals surface area contributed by atoms with Gasteiger partial charge in [0, 0.05) is 18.9 Å². The number of halogens is 1. The van der Waals surface area contributed by atoms with E-state index in [9.17, 15) is 14.0 Å². The van der Waals surface area contributed by atoms with Gasteiger partial charge in [-0.25, -0.2) is 9.18 Å². The molecule has 0 aliphatic heterocycles. The fourth-order valence-corrected chi connectivity index (χ4v) is 1.76. The van der Waals surface area contributed by atoms with Gasteiger partial charge >= 0.3 is 5.97 Å². The SMILES string of the molecule is C=C(F)/C=c1/c(=O)c(C(=O)O)cn(CCC)/c1=C/N. The Morgan fingerprint density at radius 1 is 1.63 bits per heavy atom. The lowest BCUT2D eigenvalue weighted by atomic mass is 10.2. The van der Waals surface area contributed by atoms with Crippen molar-refractivity contribution in [3.8, 4) is 0 Å². The van der Waals surface area contributed by atoms with E-state index in [4.69, 9.17) is 10.8 Å². The van der Waals surface area contributed by atoms with E-state index in [-0.39, 0.29) is 10.6 Å². The molecular weight excluding hydrogens is 251 g/mol. The number of nitrogens with zero attached hydrogens (tertiary/aromatic N) is 1. The summed E-state index contributed by atoms with van der Waals surface area (Å²) in [5.74, 6) is -2.21. The maximum Gasteiger partial charge on any atom is 0.341 e. The van der Waals surface area contributed by atoms with Gasteiger partial charge in [-0.05, 0) is 12.5 Å². The highest BCUT2D eigenvalue weighted by Crippen LogP contribution is 1.92. The predicted molar refractivity (Wildman–Crippen MR) is 70.6 cm³/mol. The molecule has 19 heavy (non-hydrogen) atoms. The van der Waals surface area contributed by atoms with Crippen molar-refractivity contribution in [3.05, 3.63) is 45.0 Å². The van der Waals surface area contributed by atoms with Crippen molar-refractivity contribution in [3.63, 3.8) is 0 Å². The first-order chi connectivity index (χ1) is 8.92. The van der Waals surface area contributed by atoms with Crippen LogP contribution < -0.4 is 21.7 Å². The molecule has 0 spiro atoms. The number of hydrogen-bond acceptors (Lipinski definition) is 3. The number of aryl methyl sites for hydroxylation is 1. The molecule has 0 atom stereocenters. The van der Waals surface area contributed by atoms with Gasteiger partial charge in [0.05, 0.1) is 10.6 Å². The van der Waals surface area contributed by atoms with E-state index in [0.29, 0.717) is 13.0 Å². The van der Waals surface area contributed by atoms with Crippen LogP contribution in [0.3, 0.4) is 0 Å². The molecule has 3 N–H and O–H groups in total. The number of nitrogens with two attached hydrogens (primary N) is 1. The van der Waals surface area contributed by atoms with Crippen LogP contribution in [0.2, 0.25) is 0 Å². The molecule has 1 heterocycles. The fraction of sp³-hybridized carbons (Fsp3) is 0.231. The third kappa shape index (κ3) is 3.09. The Kier molecular flexibility index (Phi) is 4.63. The minimum absolute atomic E-state index is 0.108. The highest BCUT2D eigenvalue weighted by molar-refractivity contribution is 5.87. The highest BCUT2D eigenvalue weighted by atomic mass is 19.1. The molecule has 102 valence electrons. The summed E-state index contributed by atoms with van der Waals surface area (Å²) in [4.78, 5) is 23.0. The van der Waals surface area contributed by atoms with Crippen LogP contribution in [0.15, 0.2) is 23.4 Å². The van der Waals surface area contributed by atoms with Crippen molar-refractivity contribution in [1.82, 2.24) is 4.57 Å². The molecule has 0 amide bonds. The summed E-state index contributed by atoms with van der Waals surface area (Å²) in [5, 5.41) is 9.16. The Morgan fingerprint density at radius 2 is 2.26 bits per heavy atom. The van der Waals surface area contributed by atoms with Gasteiger partial charge in [-0.3, -0.25) is 4.79 Å². The lowest BCUT2D eigenvalue weighted by Gasteiger charge is -2.08. The van der Waals surface area contributed by atoms with Gasteiger partial charge in [0.15, 0.2) is 0 Å². The lowest BCUT2D eigenvalue weighted by Crippen LogP contribution is -2.48. The van der Waals surface area contributed by atoms with Gasteiger partial charge in [0.2, 0.25) is 5.43 Å². The van der Waals surface area contributed by atoms with Crippen LogP contribution in [-0.4, -0.2) is 15.6 Å². The topological polar surface area (TPSA) is 85.3 Å². The molecule has 1 rings (SSSR count). The van der Waals surface area contributed by atoms with Crippen molar-refractivity contribution >= 4 is 18.2 Å². The Hall–Kier alpha value is -2.37. The van der Waals surface area contributed by atoms with Gasteiger partial charge in [0.25, 0.3) is 0 Å². The molecule has 0 aromatic carbocycles. The molecule has 6 heteroatoms. The first-order valence-electron chi connectivity index (χ1n) is 5.67. The third-order valence-electron chi connectivity index (χ3n) is 2.51. The second-order valence-corrected chi connectivity index (χ2v) is 3.93. The highest BCUT2D eigenvalue weighted by Gasteiger charge is 2.12. The van der Waals surface area contributed by atoms with Gasteiger partial charge < -0.3 is 15.4 Å². The molecule has 0 saturated carbocycles. The summed E-state index contributed by atoms with van der Waals surface area (Å²) in [7, 11) is 0. The van der Waals surface area contributed by atoms with Gasteiger partial charge in [-0.15, -0.1) is 0 Å². The molecule has 5 nitrogen and oxygen atoms in total. The summed E-state index contributed by atoms with van der Waals surface area (Å²) < 4.78 is 14.4. The second-order valence-electron chi connectivity index (χ2n) is 3.93. The number of aromatic nitrogens is 1. The maximum atomic E-state index is 12.9. The van der Waals surface area contributed by atoms with E-state index in [1.807, 2.05) is 6.92 Å². The lowest BCUT2D eigenvalue weighted by molar-refractivity contribution is 0.0694. The summed E-state index contributed by atoms with van der Waals surface area (Å²) >= 11 is 0. The van der Waals surface area contributed by atoms with Gasteiger partial charge in [-0.2, -0.15) is 0 Å². The molecule has 0 radical (unpaired) electrons. The van der Waals surface area contributed by atoms with E-state index in [1.54, 1.807) is 0 Å². The largest absolute Gasteiger partial charge is 0.477 e. The third-order valence-corrected chi connectivity index (χ3v) is 2.51. The van der Waals surface area contributed by atoms with Crippen molar-refractivity contribution in [2.45, 2.75) is 19.9 Å². The van der Waals surface area contributed by atoms with Crippen LogP contribution in [0.25, 0.3) is 12.3 Å². The second kappa shape index (κ2) is 5.99. The molecule has 0 aliphatic rings. The fourth-order valence-electron chi connectivity index (χ4n) is 1.76. The first-order valence-corrected chi connectivity index (χ1v) is 5.67. The zero-order valence-corrected chi connectivity index (χ0v) is 10.5. The summed E-state index contributed by atoms with van der Waals surface area (Å²) in [6, 6.07) is 0. The number of carboxylic acids is 1. The number of hydrogen-bond donors (Lipinski definition) is 2. The molecule has 1 aromatic rings. The quantitative estimate of drug-likeness (QED) is 0.798. The summed E-state index contributed by atoms with van der Waals surface area (Å²) in [6.07, 6.45) is 3.96. The van der Waals surface area contributed by atoms with Crippen LogP contribution in [0, 0.1) is 0 Å². The minimum atomic E-state index is -1.36. The number of allylic oxidation sites excluding steroid dienone is 1. The number of carboxylic acid groups (broad SMARTS) is 1. The van der Waals surface area contributed by atoms with E-state index in [0.717, 1.165) is 12.3 Å². The van der Waals surface area contributed by atoms with E-state index >= 15 is 0 Å². The van der Waals surface area contributed by atoms with Crippen molar-refractivity contribution in [2.75, 3.05) is 0 Å². The predicted octanol–water partition coefficient (Wildman–Crippen LogP) is -0.0831. The Balaban J connectivity index is 3.92. The van der Waals surface area contributed by atoms with Gasteiger partial charge in [-0.1, -0.05) is 13.5 Å². The first kappa shape index (κ1) is 14.7. The molecule has 0 saturated heterocycles. The monoisotopic (exact) mass is 266 g/mol. The minimum Gasteiger partial charge on any atom is -0.477 e. The molecule has 0 aliphatic carbocycles. The zero-order chi connectivity index (χ0) is 14.6. The maximum absolute atomic E-state index is 12.9. The number of carbonyl (C=O) groups is 1. The van der Waals surface area contributed by atoms with Gasteiger partial charge in [0.1, 0.15) is 11.4 Å². The molecule has 0 unspecified atom stereocenters. The summed E-state index contributed by atoms with van der Waals surface area (Å²) in [6.45, 7) is 5.39. The zero-order valence-electron chi connectivity index (χ0n) is 10.5. The van der Waals surface area contributed by atoms with E-state index in [2.05, 4.69) is 6.58 Å². The van der Waals surface area contributed by atoms with Crippen LogP contribution in [0.1, 0.15) is 23.7 Å². The van der Waals surface area contributed by atoms with Crippen LogP contribution in [0.5, 0.6) is 0 Å². The number of aromatic carboxylic acids is 1. The molecular formula is C13H15FN2O3. The van der Waals surface area contributed by atoms with E-state index in [1.165, 1.54) is 10.8 Å². The smallest absolute Gasteiger partial charge is 0.341 e. The van der Waals surface area contributed by atoms with Crippen molar-refractivity contribution in [2.24, 2.45) is 5.73 Å². The van der Waals surface area contributed by atoms with Crippen molar-refractivity contribution in [1.29, 1.82) is 0 Å². The standard InChI is InChI=1S/C13H15FN2O3/c1-3-4-16-7-10(13(18)19)12(17)9(5-8(2)14)11(16)6-15/h5-7H,2-4,15H2,1H3,(H,18,19)/b9-5+,11-6+. The average Bonchev–Trinajstić information content (AvgIpc) is 2.32. The van der Waals surface area contributed by atoms with Crippen LogP contribution in [0.4, 0.5) is 4.39 Å². The Labute approximate surface area is 108 Å². The number of pyridine rings is 1. The number of rotatable bonds is 4.